The van der Waals surface area contributed by atoms with E-state index in [2.05, 4.69) is 38.2 Å². The van der Waals surface area contributed by atoms with E-state index in [1.807, 2.05) is 21.1 Å². The molecule has 0 N–H and O–H groups in total. The number of unbranched alkanes of at least 4 members (excludes halogenated alkanes) is 29. The first-order valence-corrected chi connectivity index (χ1v) is 26.5. The molecule has 8 nitrogen and oxygen atoms in total. The molecule has 0 aromatic rings. The second kappa shape index (κ2) is 43.6. The lowest BCUT2D eigenvalue weighted by molar-refractivity contribution is -0.870. The standard InChI is InChI=1S/C50H98NO7P/c1-6-8-10-12-14-16-18-20-22-24-26-27-29-31-33-35-37-39-41-43-50(52)58-49(48-57-59(53,54)56-46-44-51(3,4)5)47-55-45-42-40-38-36-34-32-30-28-25-23-21-19-17-15-13-11-9-7-2/h14,16,20,22,49H,6-13,15,17-19,21,23-48H2,1-5H3/b16-14-,22-20-/t49-/m1/s1. The molecule has 0 rings (SSSR count). The zero-order chi connectivity index (χ0) is 43.4. The van der Waals surface area contributed by atoms with Crippen molar-refractivity contribution in [2.24, 2.45) is 0 Å². The number of rotatable bonds is 47. The van der Waals surface area contributed by atoms with Gasteiger partial charge in [0.15, 0.2) is 0 Å². The summed E-state index contributed by atoms with van der Waals surface area (Å²) >= 11 is 0. The molecule has 0 fully saturated rings. The highest BCUT2D eigenvalue weighted by molar-refractivity contribution is 7.45. The summed E-state index contributed by atoms with van der Waals surface area (Å²) in [5.74, 6) is -0.334. The first-order valence-electron chi connectivity index (χ1n) is 25.1. The molecule has 0 saturated heterocycles. The monoisotopic (exact) mass is 856 g/mol. The number of ether oxygens (including phenoxy) is 2. The molecule has 350 valence electrons. The van der Waals surface area contributed by atoms with Crippen molar-refractivity contribution in [1.82, 2.24) is 0 Å². The molecule has 9 heteroatoms. The van der Waals surface area contributed by atoms with Crippen molar-refractivity contribution in [2.75, 3.05) is 54.1 Å². The lowest BCUT2D eigenvalue weighted by Gasteiger charge is -2.28. The Morgan fingerprint density at radius 1 is 0.525 bits per heavy atom. The van der Waals surface area contributed by atoms with E-state index in [4.69, 9.17) is 18.5 Å². The minimum atomic E-state index is -4.53. The molecule has 0 aromatic heterocycles. The van der Waals surface area contributed by atoms with Gasteiger partial charge in [0.2, 0.25) is 0 Å². The lowest BCUT2D eigenvalue weighted by Crippen LogP contribution is -2.37. The van der Waals surface area contributed by atoms with Gasteiger partial charge in [-0.25, -0.2) is 0 Å². The molecule has 0 aliphatic heterocycles. The van der Waals surface area contributed by atoms with Crippen LogP contribution in [-0.2, 0) is 27.9 Å². The molecule has 0 amide bonds. The summed E-state index contributed by atoms with van der Waals surface area (Å²) in [6.45, 7) is 5.43. The van der Waals surface area contributed by atoms with Crippen molar-refractivity contribution in [2.45, 2.75) is 238 Å². The first-order chi connectivity index (χ1) is 28.6. The fraction of sp³-hybridized carbons (Fsp3) is 0.900. The van der Waals surface area contributed by atoms with Crippen molar-refractivity contribution >= 4 is 13.8 Å². The molecular formula is C50H98NO7P. The van der Waals surface area contributed by atoms with Crippen LogP contribution in [0.4, 0.5) is 0 Å². The van der Waals surface area contributed by atoms with Crippen LogP contribution in [0.3, 0.4) is 0 Å². The molecule has 0 aliphatic carbocycles. The lowest BCUT2D eigenvalue weighted by atomic mass is 10.0. The molecule has 1 unspecified atom stereocenters. The highest BCUT2D eigenvalue weighted by atomic mass is 31.2. The van der Waals surface area contributed by atoms with Gasteiger partial charge in [-0.05, 0) is 44.9 Å². The van der Waals surface area contributed by atoms with Gasteiger partial charge in [0.1, 0.15) is 19.3 Å². The van der Waals surface area contributed by atoms with Crippen LogP contribution in [0.1, 0.15) is 232 Å². The van der Waals surface area contributed by atoms with Crippen LogP contribution in [0.5, 0.6) is 0 Å². The second-order valence-electron chi connectivity index (χ2n) is 18.2. The zero-order valence-corrected chi connectivity index (χ0v) is 40.6. The average Bonchev–Trinajstić information content (AvgIpc) is 3.19. The number of carbonyl (C=O) groups is 1. The Kier molecular flexibility index (Phi) is 42.9. The fourth-order valence-corrected chi connectivity index (χ4v) is 7.84. The summed E-state index contributed by atoms with van der Waals surface area (Å²) in [6.07, 6.45) is 50.5. The van der Waals surface area contributed by atoms with Crippen molar-refractivity contribution in [3.8, 4) is 0 Å². The summed E-state index contributed by atoms with van der Waals surface area (Å²) in [5, 5.41) is 0. The van der Waals surface area contributed by atoms with Gasteiger partial charge in [0, 0.05) is 13.0 Å². The van der Waals surface area contributed by atoms with Gasteiger partial charge in [0.25, 0.3) is 7.82 Å². The number of phosphoric acid groups is 1. The summed E-state index contributed by atoms with van der Waals surface area (Å²) < 4.78 is 34.7. The van der Waals surface area contributed by atoms with Crippen molar-refractivity contribution in [3.63, 3.8) is 0 Å². The highest BCUT2D eigenvalue weighted by Gasteiger charge is 2.20. The average molecular weight is 856 g/mol. The van der Waals surface area contributed by atoms with E-state index in [-0.39, 0.29) is 25.8 Å². The molecule has 0 spiro atoms. The number of hydrogen-bond donors (Lipinski definition) is 0. The van der Waals surface area contributed by atoms with E-state index < -0.39 is 13.9 Å². The van der Waals surface area contributed by atoms with E-state index in [1.54, 1.807) is 0 Å². The Balaban J connectivity index is 4.14. The number of likely N-dealkylation sites (N-methyl/N-ethyl adjacent to an activating group) is 1. The Labute approximate surface area is 366 Å². The van der Waals surface area contributed by atoms with E-state index >= 15 is 0 Å². The number of allylic oxidation sites excluding steroid dienone is 4. The molecule has 59 heavy (non-hydrogen) atoms. The molecule has 0 radical (unpaired) electrons. The van der Waals surface area contributed by atoms with Crippen molar-refractivity contribution in [3.05, 3.63) is 24.3 Å². The number of nitrogens with zero attached hydrogens (tertiary/aromatic N) is 1. The van der Waals surface area contributed by atoms with Crippen LogP contribution in [0.25, 0.3) is 0 Å². The quantitative estimate of drug-likeness (QED) is 0.0198. The van der Waals surface area contributed by atoms with Gasteiger partial charge in [0.05, 0.1) is 34.4 Å². The van der Waals surface area contributed by atoms with Crippen molar-refractivity contribution < 1.29 is 37.3 Å². The SMILES string of the molecule is CCCCC/C=C\C/C=C\CCCCCCCCCCCC(=O)O[C@H](COCCCCCCCCCCCCCCCCCCCC)COP(=O)([O-])OCC[N+](C)(C)C. The summed E-state index contributed by atoms with van der Waals surface area (Å²) in [4.78, 5) is 25.1. The number of quaternary nitrogens is 1. The Bertz CT molecular complexity index is 998. The number of hydrogen-bond acceptors (Lipinski definition) is 7. The maximum absolute atomic E-state index is 12.7. The van der Waals surface area contributed by atoms with E-state index in [0.717, 1.165) is 38.5 Å². The maximum Gasteiger partial charge on any atom is 0.306 e. The molecule has 0 bridgehead atoms. The Hall–Kier alpha value is -1.02. The van der Waals surface area contributed by atoms with Gasteiger partial charge < -0.3 is 27.9 Å². The minimum absolute atomic E-state index is 0.0275. The molecule has 0 saturated carbocycles. The molecule has 2 atom stereocenters. The Morgan fingerprint density at radius 2 is 0.932 bits per heavy atom. The number of phosphoric ester groups is 1. The van der Waals surface area contributed by atoms with Crippen molar-refractivity contribution in [1.29, 1.82) is 0 Å². The van der Waals surface area contributed by atoms with E-state index in [9.17, 15) is 14.3 Å². The third kappa shape index (κ3) is 47.9. The van der Waals surface area contributed by atoms with Crippen LogP contribution < -0.4 is 4.89 Å². The van der Waals surface area contributed by atoms with Crippen LogP contribution in [0.15, 0.2) is 24.3 Å². The van der Waals surface area contributed by atoms with Crippen LogP contribution in [0, 0.1) is 0 Å². The molecular weight excluding hydrogens is 758 g/mol. The summed E-state index contributed by atoms with van der Waals surface area (Å²) in [5.41, 5.74) is 0. The predicted octanol–water partition coefficient (Wildman–Crippen LogP) is 14.5. The minimum Gasteiger partial charge on any atom is -0.756 e. The third-order valence-electron chi connectivity index (χ3n) is 11.0. The maximum atomic E-state index is 12.7. The van der Waals surface area contributed by atoms with Crippen LogP contribution in [0.2, 0.25) is 0 Å². The van der Waals surface area contributed by atoms with Gasteiger partial charge in [-0.2, -0.15) is 0 Å². The highest BCUT2D eigenvalue weighted by Crippen LogP contribution is 2.38. The van der Waals surface area contributed by atoms with Gasteiger partial charge in [-0.1, -0.05) is 205 Å². The van der Waals surface area contributed by atoms with Gasteiger partial charge in [-0.3, -0.25) is 9.36 Å². The summed E-state index contributed by atoms with van der Waals surface area (Å²) in [6, 6.07) is 0. The molecule has 0 heterocycles. The van der Waals surface area contributed by atoms with E-state index in [0.29, 0.717) is 24.1 Å². The largest absolute Gasteiger partial charge is 0.756 e. The van der Waals surface area contributed by atoms with Gasteiger partial charge >= 0.3 is 5.97 Å². The van der Waals surface area contributed by atoms with E-state index in [1.165, 1.54) is 173 Å². The number of esters is 1. The summed E-state index contributed by atoms with van der Waals surface area (Å²) in [7, 11) is 1.36. The second-order valence-corrected chi connectivity index (χ2v) is 19.6. The number of carbonyl (C=O) groups excluding carboxylic acids is 1. The normalized spacial score (nSPS) is 13.8. The van der Waals surface area contributed by atoms with Crippen LogP contribution in [-0.4, -0.2) is 70.7 Å². The third-order valence-corrected chi connectivity index (χ3v) is 12.0. The molecule has 0 aromatic carbocycles. The zero-order valence-electron chi connectivity index (χ0n) is 39.7. The fourth-order valence-electron chi connectivity index (χ4n) is 7.11. The Morgan fingerprint density at radius 3 is 1.41 bits per heavy atom. The van der Waals surface area contributed by atoms with Crippen LogP contribution >= 0.6 is 7.82 Å². The smallest absolute Gasteiger partial charge is 0.306 e. The van der Waals surface area contributed by atoms with Gasteiger partial charge in [-0.15, -0.1) is 0 Å². The topological polar surface area (TPSA) is 94.1 Å². The predicted molar refractivity (Wildman–Crippen MR) is 250 cm³/mol. The molecule has 0 aliphatic rings. The first kappa shape index (κ1) is 58.0.